The lowest BCUT2D eigenvalue weighted by molar-refractivity contribution is 0.593. The first-order chi connectivity index (χ1) is 10.1. The molecule has 1 saturated carbocycles. The Morgan fingerprint density at radius 1 is 1.00 bits per heavy atom. The zero-order chi connectivity index (χ0) is 15.0. The van der Waals surface area contributed by atoms with E-state index in [0.29, 0.717) is 5.02 Å². The maximum absolute atomic E-state index is 12.7. The number of rotatable bonds is 3. The lowest BCUT2D eigenvalue weighted by Crippen LogP contribution is -2.10. The minimum absolute atomic E-state index is 0.218. The monoisotopic (exact) mass is 317 g/mol. The predicted molar refractivity (Wildman–Crippen MR) is 80.7 cm³/mol. The van der Waals surface area contributed by atoms with Crippen molar-refractivity contribution < 1.29 is 8.42 Å². The summed E-state index contributed by atoms with van der Waals surface area (Å²) in [6, 6.07) is 17.5. The van der Waals surface area contributed by atoms with E-state index in [9.17, 15) is 13.7 Å². The molecule has 21 heavy (non-hydrogen) atoms. The fourth-order valence-corrected chi connectivity index (χ4v) is 4.87. The molecule has 0 amide bonds. The molecule has 3 atom stereocenters. The van der Waals surface area contributed by atoms with Crippen LogP contribution in [0.3, 0.4) is 0 Å². The van der Waals surface area contributed by atoms with Crippen LogP contribution in [0.2, 0.25) is 5.02 Å². The minimum Gasteiger partial charge on any atom is -0.223 e. The first kappa shape index (κ1) is 14.1. The van der Waals surface area contributed by atoms with Crippen LogP contribution < -0.4 is 0 Å². The molecule has 0 radical (unpaired) electrons. The molecule has 0 unspecified atom stereocenters. The predicted octanol–water partition coefficient (Wildman–Crippen LogP) is 3.42. The Hall–Kier alpha value is -1.83. The molecule has 1 aliphatic carbocycles. The van der Waals surface area contributed by atoms with E-state index in [1.807, 2.05) is 30.3 Å². The highest BCUT2D eigenvalue weighted by atomic mass is 35.5. The molecular formula is C16H12ClNO2S. The third-order valence-corrected chi connectivity index (χ3v) is 6.27. The number of sulfone groups is 1. The number of halogens is 1. The molecule has 3 nitrogen and oxygen atoms in total. The Bertz CT molecular complexity index is 794. The highest BCUT2D eigenvalue weighted by molar-refractivity contribution is 7.92. The molecule has 106 valence electrons. The summed E-state index contributed by atoms with van der Waals surface area (Å²) in [5, 5.41) is 9.04. The Morgan fingerprint density at radius 2 is 1.62 bits per heavy atom. The van der Waals surface area contributed by atoms with Crippen molar-refractivity contribution in [1.29, 1.82) is 5.26 Å². The van der Waals surface area contributed by atoms with Crippen LogP contribution in [0.25, 0.3) is 0 Å². The molecule has 5 heteroatoms. The fourth-order valence-electron chi connectivity index (χ4n) is 2.68. The fraction of sp³-hybridized carbons (Fsp3) is 0.188. The quantitative estimate of drug-likeness (QED) is 0.871. The van der Waals surface area contributed by atoms with E-state index in [1.54, 1.807) is 12.1 Å². The Kier molecular flexibility index (Phi) is 3.48. The highest BCUT2D eigenvalue weighted by Gasteiger charge is 2.59. The standard InChI is InChI=1S/C16H12ClNO2S/c17-12-6-8-13(9-7-12)21(19,20)16-14(10-18)15(16)11-4-2-1-3-5-11/h1-9,14-16H/t14-,15+,16+/m1/s1. The van der Waals surface area contributed by atoms with E-state index in [4.69, 9.17) is 11.6 Å². The number of nitriles is 1. The van der Waals surface area contributed by atoms with Gasteiger partial charge in [-0.05, 0) is 29.8 Å². The van der Waals surface area contributed by atoms with Crippen molar-refractivity contribution in [3.8, 4) is 6.07 Å². The van der Waals surface area contributed by atoms with Crippen molar-refractivity contribution in [2.45, 2.75) is 16.1 Å². The Balaban J connectivity index is 1.97. The van der Waals surface area contributed by atoms with Gasteiger partial charge in [0.25, 0.3) is 0 Å². The zero-order valence-corrected chi connectivity index (χ0v) is 12.6. The largest absolute Gasteiger partial charge is 0.223 e. The van der Waals surface area contributed by atoms with Gasteiger partial charge < -0.3 is 0 Å². The number of hydrogen-bond donors (Lipinski definition) is 0. The van der Waals surface area contributed by atoms with Gasteiger partial charge in [0, 0.05) is 10.9 Å². The first-order valence-corrected chi connectivity index (χ1v) is 8.42. The maximum atomic E-state index is 12.7. The summed E-state index contributed by atoms with van der Waals surface area (Å²) in [4.78, 5) is 0.218. The van der Waals surface area contributed by atoms with Crippen LogP contribution in [0.15, 0.2) is 59.5 Å². The second-order valence-electron chi connectivity index (χ2n) is 5.05. The van der Waals surface area contributed by atoms with Crippen molar-refractivity contribution in [2.75, 3.05) is 0 Å². The smallest absolute Gasteiger partial charge is 0.183 e. The van der Waals surface area contributed by atoms with Crippen molar-refractivity contribution >= 4 is 21.4 Å². The Labute approximate surface area is 128 Å². The number of benzene rings is 2. The van der Waals surface area contributed by atoms with Gasteiger partial charge in [-0.3, -0.25) is 0 Å². The van der Waals surface area contributed by atoms with E-state index in [2.05, 4.69) is 6.07 Å². The van der Waals surface area contributed by atoms with Crippen molar-refractivity contribution in [3.05, 3.63) is 65.2 Å². The van der Waals surface area contributed by atoms with Crippen LogP contribution in [0.1, 0.15) is 11.5 Å². The highest BCUT2D eigenvalue weighted by Crippen LogP contribution is 2.53. The van der Waals surface area contributed by atoms with Gasteiger partial charge in [-0.15, -0.1) is 0 Å². The topological polar surface area (TPSA) is 57.9 Å². The summed E-state index contributed by atoms with van der Waals surface area (Å²) >= 11 is 5.79. The summed E-state index contributed by atoms with van der Waals surface area (Å²) in [5.74, 6) is -0.745. The van der Waals surface area contributed by atoms with E-state index >= 15 is 0 Å². The molecule has 0 aromatic heterocycles. The molecule has 0 spiro atoms. The number of hydrogen-bond acceptors (Lipinski definition) is 3. The molecular weight excluding hydrogens is 306 g/mol. The van der Waals surface area contributed by atoms with Crippen molar-refractivity contribution in [1.82, 2.24) is 0 Å². The van der Waals surface area contributed by atoms with Gasteiger partial charge in [0.2, 0.25) is 0 Å². The molecule has 0 N–H and O–H groups in total. The van der Waals surface area contributed by atoms with Crippen LogP contribution in [-0.4, -0.2) is 13.7 Å². The van der Waals surface area contributed by atoms with E-state index in [1.165, 1.54) is 12.1 Å². The molecule has 0 aliphatic heterocycles. The summed E-state index contributed by atoms with van der Waals surface area (Å²) in [7, 11) is -3.52. The van der Waals surface area contributed by atoms with Gasteiger partial charge in [0.05, 0.1) is 22.1 Å². The molecule has 0 bridgehead atoms. The lowest BCUT2D eigenvalue weighted by Gasteiger charge is -2.04. The van der Waals surface area contributed by atoms with E-state index < -0.39 is 21.0 Å². The van der Waals surface area contributed by atoms with Crippen LogP contribution in [0.5, 0.6) is 0 Å². The normalized spacial score (nSPS) is 24.3. The lowest BCUT2D eigenvalue weighted by atomic mass is 10.1. The molecule has 1 aliphatic rings. The second-order valence-corrected chi connectivity index (χ2v) is 7.60. The first-order valence-electron chi connectivity index (χ1n) is 6.50. The average molecular weight is 318 g/mol. The average Bonchev–Trinajstić information content (AvgIpc) is 3.24. The summed E-state index contributed by atoms with van der Waals surface area (Å²) < 4.78 is 25.3. The summed E-state index contributed by atoms with van der Waals surface area (Å²) in [6.07, 6.45) is 0. The molecule has 0 heterocycles. The van der Waals surface area contributed by atoms with E-state index in [-0.39, 0.29) is 10.8 Å². The second kappa shape index (κ2) is 5.18. The molecule has 3 rings (SSSR count). The SMILES string of the molecule is N#C[C@@H]1[C@H](c2ccccc2)[C@H]1S(=O)(=O)c1ccc(Cl)cc1. The van der Waals surface area contributed by atoms with Crippen LogP contribution in [-0.2, 0) is 9.84 Å². The van der Waals surface area contributed by atoms with E-state index in [0.717, 1.165) is 5.56 Å². The summed E-state index contributed by atoms with van der Waals surface area (Å²) in [6.45, 7) is 0. The third kappa shape index (κ3) is 2.44. The number of nitrogens with zero attached hydrogens (tertiary/aromatic N) is 1. The van der Waals surface area contributed by atoms with Gasteiger partial charge in [-0.25, -0.2) is 8.42 Å². The Morgan fingerprint density at radius 3 is 2.19 bits per heavy atom. The van der Waals surface area contributed by atoms with Gasteiger partial charge >= 0.3 is 0 Å². The summed E-state index contributed by atoms with van der Waals surface area (Å²) in [5.41, 5.74) is 0.895. The minimum atomic E-state index is -3.52. The zero-order valence-electron chi connectivity index (χ0n) is 11.0. The maximum Gasteiger partial charge on any atom is 0.183 e. The van der Waals surface area contributed by atoms with Crippen molar-refractivity contribution in [3.63, 3.8) is 0 Å². The van der Waals surface area contributed by atoms with Gasteiger partial charge in [-0.2, -0.15) is 5.26 Å². The molecule has 2 aromatic rings. The molecule has 2 aromatic carbocycles. The molecule has 0 saturated heterocycles. The van der Waals surface area contributed by atoms with Gasteiger partial charge in [0.1, 0.15) is 0 Å². The van der Waals surface area contributed by atoms with Gasteiger partial charge in [-0.1, -0.05) is 41.9 Å². The molecule has 1 fully saturated rings. The third-order valence-electron chi connectivity index (χ3n) is 3.79. The van der Waals surface area contributed by atoms with Crippen LogP contribution in [0.4, 0.5) is 0 Å². The van der Waals surface area contributed by atoms with Crippen LogP contribution >= 0.6 is 11.6 Å². The van der Waals surface area contributed by atoms with Gasteiger partial charge in [0.15, 0.2) is 9.84 Å². The van der Waals surface area contributed by atoms with Crippen molar-refractivity contribution in [2.24, 2.45) is 5.92 Å². The van der Waals surface area contributed by atoms with Crippen LogP contribution in [0, 0.1) is 17.2 Å².